The molecule has 1 unspecified atom stereocenters. The summed E-state index contributed by atoms with van der Waals surface area (Å²) in [6.45, 7) is 5.28. The van der Waals surface area contributed by atoms with Crippen LogP contribution in [0.3, 0.4) is 0 Å². The molecule has 6 nitrogen and oxygen atoms in total. The van der Waals surface area contributed by atoms with Crippen molar-refractivity contribution in [2.45, 2.75) is 20.0 Å². The molecule has 1 heterocycles. The van der Waals surface area contributed by atoms with Crippen molar-refractivity contribution in [2.75, 3.05) is 32.6 Å². The van der Waals surface area contributed by atoms with Gasteiger partial charge in [-0.05, 0) is 26.0 Å². The van der Waals surface area contributed by atoms with Gasteiger partial charge in [-0.3, -0.25) is 4.79 Å². The van der Waals surface area contributed by atoms with Crippen LogP contribution in [0.5, 0.6) is 0 Å². The van der Waals surface area contributed by atoms with E-state index < -0.39 is 0 Å². The first-order chi connectivity index (χ1) is 8.54. The van der Waals surface area contributed by atoms with Crippen molar-refractivity contribution in [3.63, 3.8) is 0 Å². The van der Waals surface area contributed by atoms with Crippen molar-refractivity contribution in [3.8, 4) is 0 Å². The van der Waals surface area contributed by atoms with Gasteiger partial charge in [0, 0.05) is 27.2 Å². The maximum absolute atomic E-state index is 11.6. The van der Waals surface area contributed by atoms with Gasteiger partial charge in [0.15, 0.2) is 5.69 Å². The Hall–Kier alpha value is -1.69. The number of carbonyl (C=O) groups is 1. The highest BCUT2D eigenvalue weighted by molar-refractivity contribution is 5.91. The Morgan fingerprint density at radius 1 is 1.44 bits per heavy atom. The number of nitrogens with zero attached hydrogens (tertiary/aromatic N) is 3. The summed E-state index contributed by atoms with van der Waals surface area (Å²) in [7, 11) is 3.36. The van der Waals surface area contributed by atoms with Crippen LogP contribution in [0.1, 0.15) is 24.3 Å². The van der Waals surface area contributed by atoms with Crippen LogP contribution in [0.4, 0.5) is 5.82 Å². The number of rotatable bonds is 6. The predicted molar refractivity (Wildman–Crippen MR) is 69.6 cm³/mol. The molecule has 1 amide bonds. The summed E-state index contributed by atoms with van der Waals surface area (Å²) in [5.74, 6) is 0.480. The second-order valence-corrected chi connectivity index (χ2v) is 4.15. The summed E-state index contributed by atoms with van der Waals surface area (Å²) >= 11 is 0. The zero-order chi connectivity index (χ0) is 13.5. The number of aromatic nitrogens is 2. The van der Waals surface area contributed by atoms with Crippen LogP contribution in [-0.2, 0) is 4.74 Å². The molecule has 0 aromatic carbocycles. The first-order valence-electron chi connectivity index (χ1n) is 5.95. The van der Waals surface area contributed by atoms with Crippen molar-refractivity contribution in [2.24, 2.45) is 0 Å². The van der Waals surface area contributed by atoms with E-state index in [2.05, 4.69) is 15.5 Å². The zero-order valence-corrected chi connectivity index (χ0v) is 11.3. The summed E-state index contributed by atoms with van der Waals surface area (Å²) in [6, 6.07) is 3.39. The van der Waals surface area contributed by atoms with Gasteiger partial charge in [0.2, 0.25) is 0 Å². The van der Waals surface area contributed by atoms with Gasteiger partial charge in [-0.2, -0.15) is 0 Å². The molecule has 1 N–H and O–H groups in total. The van der Waals surface area contributed by atoms with Crippen LogP contribution >= 0.6 is 0 Å². The van der Waals surface area contributed by atoms with Gasteiger partial charge in [0.05, 0.1) is 6.10 Å². The maximum atomic E-state index is 11.6. The molecule has 0 aliphatic heterocycles. The van der Waals surface area contributed by atoms with Crippen molar-refractivity contribution >= 4 is 11.7 Å². The third-order valence-corrected chi connectivity index (χ3v) is 2.31. The van der Waals surface area contributed by atoms with Crippen LogP contribution in [-0.4, -0.2) is 54.4 Å². The molecule has 1 aromatic heterocycles. The van der Waals surface area contributed by atoms with Crippen molar-refractivity contribution in [1.29, 1.82) is 0 Å². The maximum Gasteiger partial charge on any atom is 0.273 e. The Morgan fingerprint density at radius 3 is 2.67 bits per heavy atom. The first kappa shape index (κ1) is 14.4. The molecular weight excluding hydrogens is 232 g/mol. The molecule has 1 aromatic rings. The predicted octanol–water partition coefficient (Wildman–Crippen LogP) is 1.02. The van der Waals surface area contributed by atoms with E-state index in [0.29, 0.717) is 24.7 Å². The molecule has 0 fully saturated rings. The normalized spacial score (nSPS) is 12.0. The lowest BCUT2D eigenvalue weighted by Crippen LogP contribution is -2.24. The van der Waals surface area contributed by atoms with Gasteiger partial charge in [-0.1, -0.05) is 0 Å². The third kappa shape index (κ3) is 4.29. The highest BCUT2D eigenvalue weighted by atomic mass is 16.5. The Balaban J connectivity index is 2.53. The largest absolute Gasteiger partial charge is 0.377 e. The highest BCUT2D eigenvalue weighted by Gasteiger charge is 2.10. The van der Waals surface area contributed by atoms with Gasteiger partial charge in [0.25, 0.3) is 5.91 Å². The molecule has 0 aliphatic carbocycles. The molecule has 6 heteroatoms. The second kappa shape index (κ2) is 6.90. The fourth-order valence-corrected chi connectivity index (χ4v) is 1.36. The number of nitrogens with one attached hydrogen (secondary N) is 1. The SMILES string of the molecule is CCOC(C)CNc1ccc(C(=O)N(C)C)nn1. The molecule has 100 valence electrons. The van der Waals surface area contributed by atoms with E-state index >= 15 is 0 Å². The van der Waals surface area contributed by atoms with Crippen molar-refractivity contribution in [1.82, 2.24) is 15.1 Å². The molecule has 18 heavy (non-hydrogen) atoms. The molecular formula is C12H20N4O2. The fourth-order valence-electron chi connectivity index (χ4n) is 1.36. The number of ether oxygens (including phenoxy) is 1. The van der Waals surface area contributed by atoms with Crippen molar-refractivity contribution < 1.29 is 9.53 Å². The smallest absolute Gasteiger partial charge is 0.273 e. The number of carbonyl (C=O) groups excluding carboxylic acids is 1. The first-order valence-corrected chi connectivity index (χ1v) is 5.95. The number of hydrogen-bond acceptors (Lipinski definition) is 5. The van der Waals surface area contributed by atoms with Crippen LogP contribution in [0, 0.1) is 0 Å². The van der Waals surface area contributed by atoms with Crippen molar-refractivity contribution in [3.05, 3.63) is 17.8 Å². The van der Waals surface area contributed by atoms with Gasteiger partial charge < -0.3 is 15.0 Å². The zero-order valence-electron chi connectivity index (χ0n) is 11.3. The quantitative estimate of drug-likeness (QED) is 0.818. The average Bonchev–Trinajstić information content (AvgIpc) is 2.36. The molecule has 0 radical (unpaired) electrons. The Kier molecular flexibility index (Phi) is 5.51. The minimum absolute atomic E-state index is 0.111. The van der Waals surface area contributed by atoms with E-state index in [0.717, 1.165) is 0 Å². The van der Waals surface area contributed by atoms with Gasteiger partial charge in [-0.15, -0.1) is 10.2 Å². The third-order valence-electron chi connectivity index (χ3n) is 2.31. The van der Waals surface area contributed by atoms with Gasteiger partial charge in [0.1, 0.15) is 5.82 Å². The molecule has 1 rings (SSSR count). The monoisotopic (exact) mass is 252 g/mol. The van der Waals surface area contributed by atoms with Crippen LogP contribution in [0.15, 0.2) is 12.1 Å². The second-order valence-electron chi connectivity index (χ2n) is 4.15. The minimum atomic E-state index is -0.156. The summed E-state index contributed by atoms with van der Waals surface area (Å²) in [6.07, 6.45) is 0.111. The standard InChI is InChI=1S/C12H20N4O2/c1-5-18-9(2)8-13-11-7-6-10(14-15-11)12(17)16(3)4/h6-7,9H,5,8H2,1-4H3,(H,13,15). The lowest BCUT2D eigenvalue weighted by molar-refractivity contribution is 0.0819. The van der Waals surface area contributed by atoms with E-state index in [4.69, 9.17) is 4.74 Å². The van der Waals surface area contributed by atoms with E-state index in [9.17, 15) is 4.79 Å². The minimum Gasteiger partial charge on any atom is -0.377 e. The van der Waals surface area contributed by atoms with Crippen LogP contribution in [0.25, 0.3) is 0 Å². The molecule has 0 spiro atoms. The Labute approximate surface area is 107 Å². The van der Waals surface area contributed by atoms with Gasteiger partial charge >= 0.3 is 0 Å². The summed E-state index contributed by atoms with van der Waals surface area (Å²) < 4.78 is 5.39. The van der Waals surface area contributed by atoms with E-state index in [1.807, 2.05) is 13.8 Å². The molecule has 0 saturated carbocycles. The van der Waals surface area contributed by atoms with E-state index in [1.54, 1.807) is 26.2 Å². The van der Waals surface area contributed by atoms with E-state index in [1.165, 1.54) is 4.90 Å². The van der Waals surface area contributed by atoms with Crippen LogP contribution in [0.2, 0.25) is 0 Å². The van der Waals surface area contributed by atoms with E-state index in [-0.39, 0.29) is 12.0 Å². The molecule has 0 saturated heterocycles. The Bertz CT molecular complexity index is 378. The van der Waals surface area contributed by atoms with Gasteiger partial charge in [-0.25, -0.2) is 0 Å². The summed E-state index contributed by atoms with van der Waals surface area (Å²) in [5.41, 5.74) is 0.336. The fraction of sp³-hybridized carbons (Fsp3) is 0.583. The number of anilines is 1. The lowest BCUT2D eigenvalue weighted by atomic mass is 10.3. The summed E-state index contributed by atoms with van der Waals surface area (Å²) in [5, 5.41) is 10.9. The molecule has 1 atom stereocenters. The number of hydrogen-bond donors (Lipinski definition) is 1. The molecule has 0 aliphatic rings. The topological polar surface area (TPSA) is 67.3 Å². The highest BCUT2D eigenvalue weighted by Crippen LogP contribution is 2.04. The molecule has 0 bridgehead atoms. The number of amides is 1. The summed E-state index contributed by atoms with van der Waals surface area (Å²) in [4.78, 5) is 13.1. The average molecular weight is 252 g/mol. The lowest BCUT2D eigenvalue weighted by Gasteiger charge is -2.13. The Morgan fingerprint density at radius 2 is 2.17 bits per heavy atom. The van der Waals surface area contributed by atoms with Crippen LogP contribution < -0.4 is 5.32 Å².